The highest BCUT2D eigenvalue weighted by molar-refractivity contribution is 8.03. The van der Waals surface area contributed by atoms with Gasteiger partial charge in [0.15, 0.2) is 0 Å². The highest BCUT2D eigenvalue weighted by Crippen LogP contribution is 2.38. The van der Waals surface area contributed by atoms with Gasteiger partial charge in [-0.05, 0) is 49.1 Å². The van der Waals surface area contributed by atoms with Crippen molar-refractivity contribution < 1.29 is 4.79 Å². The van der Waals surface area contributed by atoms with E-state index in [1.807, 2.05) is 12.1 Å². The van der Waals surface area contributed by atoms with Crippen LogP contribution in [0.4, 0.5) is 0 Å². The Labute approximate surface area is 131 Å². The van der Waals surface area contributed by atoms with Crippen LogP contribution in [0, 0.1) is 0 Å². The van der Waals surface area contributed by atoms with Gasteiger partial charge in [0.05, 0.1) is 0 Å². The average Bonchev–Trinajstić information content (AvgIpc) is 2.48. The molecule has 1 amide bonds. The molecule has 0 spiro atoms. The summed E-state index contributed by atoms with van der Waals surface area (Å²) in [5.74, 6) is 0.239. The van der Waals surface area contributed by atoms with Gasteiger partial charge in [0.25, 0.3) is 0 Å². The summed E-state index contributed by atoms with van der Waals surface area (Å²) < 4.78 is 0. The van der Waals surface area contributed by atoms with E-state index in [1.165, 1.54) is 29.1 Å². The molecule has 2 nitrogen and oxygen atoms in total. The van der Waals surface area contributed by atoms with Gasteiger partial charge in [-0.3, -0.25) is 4.79 Å². The van der Waals surface area contributed by atoms with Gasteiger partial charge in [0, 0.05) is 23.1 Å². The van der Waals surface area contributed by atoms with Gasteiger partial charge in [-0.1, -0.05) is 43.3 Å². The molecule has 2 atom stereocenters. The summed E-state index contributed by atoms with van der Waals surface area (Å²) >= 11 is 1.75. The molecule has 1 fully saturated rings. The maximum atomic E-state index is 12.6. The van der Waals surface area contributed by atoms with Crippen molar-refractivity contribution in [3.63, 3.8) is 0 Å². The molecule has 0 saturated carbocycles. The van der Waals surface area contributed by atoms with Gasteiger partial charge < -0.3 is 4.90 Å². The standard InChI is InChI=1S/C18H23NOS/c1-2-7-14-8-6-9-15-12-17(13-18(20)19(14)15)21-16-10-4-3-5-11-16/h3-5,10-11,13-15H,2,6-9,12H2,1H3/t14-,15+/m0/s1. The SMILES string of the molecule is CCC[C@H]1CCC[C@@H]2CC(Sc3ccccc3)=CC(=O)N12. The van der Waals surface area contributed by atoms with Gasteiger partial charge >= 0.3 is 0 Å². The van der Waals surface area contributed by atoms with E-state index in [0.717, 1.165) is 19.3 Å². The monoisotopic (exact) mass is 301 g/mol. The first-order valence-electron chi connectivity index (χ1n) is 8.03. The molecule has 0 unspecified atom stereocenters. The molecule has 1 saturated heterocycles. The van der Waals surface area contributed by atoms with E-state index in [1.54, 1.807) is 11.8 Å². The van der Waals surface area contributed by atoms with Crippen LogP contribution in [0.15, 0.2) is 46.2 Å². The highest BCUT2D eigenvalue weighted by Gasteiger charge is 2.36. The lowest BCUT2D eigenvalue weighted by Crippen LogP contribution is -2.51. The van der Waals surface area contributed by atoms with Gasteiger partial charge in [0.2, 0.25) is 5.91 Å². The Morgan fingerprint density at radius 1 is 1.24 bits per heavy atom. The zero-order valence-corrected chi connectivity index (χ0v) is 13.4. The number of carbonyl (C=O) groups excluding carboxylic acids is 1. The molecule has 21 heavy (non-hydrogen) atoms. The Morgan fingerprint density at radius 3 is 2.81 bits per heavy atom. The Kier molecular flexibility index (Phi) is 4.69. The minimum Gasteiger partial charge on any atom is -0.333 e. The number of amides is 1. The molecule has 0 N–H and O–H groups in total. The van der Waals surface area contributed by atoms with Gasteiger partial charge in [-0.15, -0.1) is 0 Å². The minimum atomic E-state index is 0.239. The van der Waals surface area contributed by atoms with E-state index in [2.05, 4.69) is 36.1 Å². The summed E-state index contributed by atoms with van der Waals surface area (Å²) in [4.78, 5) is 17.2. The molecule has 112 valence electrons. The smallest absolute Gasteiger partial charge is 0.247 e. The van der Waals surface area contributed by atoms with Crippen LogP contribution >= 0.6 is 11.8 Å². The Hall–Kier alpha value is -1.22. The second kappa shape index (κ2) is 6.69. The van der Waals surface area contributed by atoms with E-state index in [9.17, 15) is 4.79 Å². The molecule has 0 aliphatic carbocycles. The third kappa shape index (κ3) is 3.34. The fourth-order valence-electron chi connectivity index (χ4n) is 3.56. The van der Waals surface area contributed by atoms with Crippen molar-refractivity contribution >= 4 is 17.7 Å². The van der Waals surface area contributed by atoms with Gasteiger partial charge in [0.1, 0.15) is 0 Å². The fraction of sp³-hybridized carbons (Fsp3) is 0.500. The van der Waals surface area contributed by atoms with Crippen LogP contribution < -0.4 is 0 Å². The third-order valence-electron chi connectivity index (χ3n) is 4.45. The van der Waals surface area contributed by atoms with Gasteiger partial charge in [-0.2, -0.15) is 0 Å². The summed E-state index contributed by atoms with van der Waals surface area (Å²) in [5.41, 5.74) is 0. The molecule has 2 aliphatic heterocycles. The molecular formula is C18H23NOS. The Morgan fingerprint density at radius 2 is 2.05 bits per heavy atom. The van der Waals surface area contributed by atoms with Crippen LogP contribution in [0.2, 0.25) is 0 Å². The van der Waals surface area contributed by atoms with Crippen molar-refractivity contribution in [1.82, 2.24) is 4.90 Å². The van der Waals surface area contributed by atoms with E-state index in [0.29, 0.717) is 12.1 Å². The van der Waals surface area contributed by atoms with Crippen molar-refractivity contribution in [2.75, 3.05) is 0 Å². The van der Waals surface area contributed by atoms with Crippen molar-refractivity contribution in [2.24, 2.45) is 0 Å². The summed E-state index contributed by atoms with van der Waals surface area (Å²) in [6.45, 7) is 2.21. The lowest BCUT2D eigenvalue weighted by Gasteiger charge is -2.44. The lowest BCUT2D eigenvalue weighted by atomic mass is 9.89. The normalized spacial score (nSPS) is 25.5. The molecule has 3 rings (SSSR count). The summed E-state index contributed by atoms with van der Waals surface area (Å²) in [5, 5.41) is 0. The molecule has 0 bridgehead atoms. The highest BCUT2D eigenvalue weighted by atomic mass is 32.2. The number of rotatable bonds is 4. The van der Waals surface area contributed by atoms with E-state index in [4.69, 9.17) is 0 Å². The molecular weight excluding hydrogens is 278 g/mol. The van der Waals surface area contributed by atoms with Crippen LogP contribution in [-0.4, -0.2) is 22.9 Å². The number of carbonyl (C=O) groups is 1. The summed E-state index contributed by atoms with van der Waals surface area (Å²) in [7, 11) is 0. The number of nitrogens with zero attached hydrogens (tertiary/aromatic N) is 1. The van der Waals surface area contributed by atoms with Crippen LogP contribution in [0.5, 0.6) is 0 Å². The predicted molar refractivity (Wildman–Crippen MR) is 88.2 cm³/mol. The number of fused-ring (bicyclic) bond motifs is 1. The van der Waals surface area contributed by atoms with Crippen molar-refractivity contribution in [3.8, 4) is 0 Å². The predicted octanol–water partition coefficient (Wildman–Crippen LogP) is 4.62. The minimum absolute atomic E-state index is 0.239. The molecule has 2 aliphatic rings. The van der Waals surface area contributed by atoms with E-state index >= 15 is 0 Å². The largest absolute Gasteiger partial charge is 0.333 e. The third-order valence-corrected chi connectivity index (χ3v) is 5.51. The van der Waals surface area contributed by atoms with Gasteiger partial charge in [-0.25, -0.2) is 0 Å². The number of hydrogen-bond acceptors (Lipinski definition) is 2. The van der Waals surface area contributed by atoms with Crippen LogP contribution in [0.1, 0.15) is 45.4 Å². The zero-order valence-electron chi connectivity index (χ0n) is 12.6. The summed E-state index contributed by atoms with van der Waals surface area (Å²) in [6, 6.07) is 11.3. The van der Waals surface area contributed by atoms with E-state index in [-0.39, 0.29) is 5.91 Å². The Balaban J connectivity index is 1.75. The first-order chi connectivity index (χ1) is 10.3. The molecule has 0 aromatic heterocycles. The number of thioether (sulfide) groups is 1. The first-order valence-corrected chi connectivity index (χ1v) is 8.85. The average molecular weight is 301 g/mol. The number of hydrogen-bond donors (Lipinski definition) is 0. The van der Waals surface area contributed by atoms with Crippen LogP contribution in [0.25, 0.3) is 0 Å². The lowest BCUT2D eigenvalue weighted by molar-refractivity contribution is -0.133. The van der Waals surface area contributed by atoms with E-state index < -0.39 is 0 Å². The summed E-state index contributed by atoms with van der Waals surface area (Å²) in [6.07, 6.45) is 8.84. The Bertz CT molecular complexity index is 523. The molecule has 2 heterocycles. The second-order valence-corrected chi connectivity index (χ2v) is 7.20. The fourth-order valence-corrected chi connectivity index (χ4v) is 4.59. The number of piperidine rings is 1. The first kappa shape index (κ1) is 14.7. The maximum absolute atomic E-state index is 12.6. The van der Waals surface area contributed by atoms with Crippen molar-refractivity contribution in [1.29, 1.82) is 0 Å². The quantitative estimate of drug-likeness (QED) is 0.809. The van der Waals surface area contributed by atoms with Crippen LogP contribution in [-0.2, 0) is 4.79 Å². The topological polar surface area (TPSA) is 20.3 Å². The maximum Gasteiger partial charge on any atom is 0.247 e. The molecule has 1 aromatic carbocycles. The van der Waals surface area contributed by atoms with Crippen molar-refractivity contribution in [2.45, 2.75) is 62.4 Å². The molecule has 3 heteroatoms. The zero-order chi connectivity index (χ0) is 14.7. The second-order valence-electron chi connectivity index (χ2n) is 6.00. The molecule has 1 aromatic rings. The molecule has 0 radical (unpaired) electrons. The van der Waals surface area contributed by atoms with Crippen molar-refractivity contribution in [3.05, 3.63) is 41.3 Å². The number of benzene rings is 1. The van der Waals surface area contributed by atoms with Crippen LogP contribution in [0.3, 0.4) is 0 Å².